The molecule has 18 heavy (non-hydrogen) atoms. The molecule has 2 heterocycles. The van der Waals surface area contributed by atoms with Gasteiger partial charge in [0.15, 0.2) is 0 Å². The Hall–Kier alpha value is -1.10. The SMILES string of the molecule is COC(=O)C1CCCN1C(=O)C1(C)CCNCC1. The monoisotopic (exact) mass is 254 g/mol. The minimum Gasteiger partial charge on any atom is -0.467 e. The molecule has 0 bridgehead atoms. The Morgan fingerprint density at radius 1 is 1.33 bits per heavy atom. The molecule has 2 rings (SSSR count). The first-order valence-electron chi connectivity index (χ1n) is 6.68. The van der Waals surface area contributed by atoms with E-state index in [9.17, 15) is 9.59 Å². The molecule has 0 aromatic heterocycles. The molecule has 0 aliphatic carbocycles. The fourth-order valence-corrected chi connectivity index (χ4v) is 2.93. The quantitative estimate of drug-likeness (QED) is 0.731. The van der Waals surface area contributed by atoms with E-state index >= 15 is 0 Å². The van der Waals surface area contributed by atoms with E-state index in [4.69, 9.17) is 4.74 Å². The molecule has 0 aromatic carbocycles. The van der Waals surface area contributed by atoms with Gasteiger partial charge in [0.1, 0.15) is 6.04 Å². The maximum Gasteiger partial charge on any atom is 0.328 e. The van der Waals surface area contributed by atoms with Crippen molar-refractivity contribution in [2.75, 3.05) is 26.7 Å². The van der Waals surface area contributed by atoms with Gasteiger partial charge in [-0.3, -0.25) is 4.79 Å². The molecule has 1 N–H and O–H groups in total. The highest BCUT2D eigenvalue weighted by atomic mass is 16.5. The van der Waals surface area contributed by atoms with Crippen LogP contribution in [0.5, 0.6) is 0 Å². The topological polar surface area (TPSA) is 58.6 Å². The normalized spacial score (nSPS) is 27.0. The molecular weight excluding hydrogens is 232 g/mol. The van der Waals surface area contributed by atoms with Gasteiger partial charge >= 0.3 is 5.97 Å². The summed E-state index contributed by atoms with van der Waals surface area (Å²) in [5, 5.41) is 3.27. The van der Waals surface area contributed by atoms with E-state index in [1.165, 1.54) is 7.11 Å². The number of piperidine rings is 1. The second-order valence-corrected chi connectivity index (χ2v) is 5.49. The van der Waals surface area contributed by atoms with Crippen molar-refractivity contribution in [3.63, 3.8) is 0 Å². The number of ether oxygens (including phenoxy) is 1. The van der Waals surface area contributed by atoms with Crippen LogP contribution in [0.2, 0.25) is 0 Å². The van der Waals surface area contributed by atoms with E-state index in [2.05, 4.69) is 5.32 Å². The van der Waals surface area contributed by atoms with Gasteiger partial charge in [0.2, 0.25) is 5.91 Å². The number of carbonyl (C=O) groups excluding carboxylic acids is 2. The molecule has 2 aliphatic rings. The Labute approximate surface area is 108 Å². The Morgan fingerprint density at radius 3 is 2.61 bits per heavy atom. The summed E-state index contributed by atoms with van der Waals surface area (Å²) in [6.07, 6.45) is 3.30. The number of esters is 1. The minimum absolute atomic E-state index is 0.122. The highest BCUT2D eigenvalue weighted by Crippen LogP contribution is 2.33. The summed E-state index contributed by atoms with van der Waals surface area (Å²) < 4.78 is 4.79. The van der Waals surface area contributed by atoms with Crippen molar-refractivity contribution in [1.82, 2.24) is 10.2 Å². The van der Waals surface area contributed by atoms with Crippen LogP contribution in [0.15, 0.2) is 0 Å². The molecule has 5 heteroatoms. The molecule has 102 valence electrons. The number of amides is 1. The second kappa shape index (κ2) is 5.26. The first kappa shape index (κ1) is 13.3. The van der Waals surface area contributed by atoms with Crippen molar-refractivity contribution in [1.29, 1.82) is 0 Å². The first-order chi connectivity index (χ1) is 8.58. The van der Waals surface area contributed by atoms with Gasteiger partial charge in [-0.1, -0.05) is 6.92 Å². The largest absolute Gasteiger partial charge is 0.467 e. The molecule has 1 amide bonds. The first-order valence-corrected chi connectivity index (χ1v) is 6.68. The molecule has 0 radical (unpaired) electrons. The number of nitrogens with one attached hydrogen (secondary N) is 1. The van der Waals surface area contributed by atoms with Crippen LogP contribution in [-0.4, -0.2) is 49.6 Å². The van der Waals surface area contributed by atoms with Gasteiger partial charge in [-0.25, -0.2) is 4.79 Å². The molecule has 1 atom stereocenters. The second-order valence-electron chi connectivity index (χ2n) is 5.49. The lowest BCUT2D eigenvalue weighted by Gasteiger charge is -2.37. The number of nitrogens with zero attached hydrogens (tertiary/aromatic N) is 1. The fraction of sp³-hybridized carbons (Fsp3) is 0.846. The van der Waals surface area contributed by atoms with Crippen molar-refractivity contribution in [2.45, 2.75) is 38.6 Å². The molecule has 1 unspecified atom stereocenters. The maximum atomic E-state index is 12.6. The summed E-state index contributed by atoms with van der Waals surface area (Å²) in [6.45, 7) is 4.45. The van der Waals surface area contributed by atoms with Gasteiger partial charge in [0.25, 0.3) is 0 Å². The number of hydrogen-bond donors (Lipinski definition) is 1. The van der Waals surface area contributed by atoms with E-state index in [1.807, 2.05) is 6.92 Å². The zero-order chi connectivity index (χ0) is 13.2. The van der Waals surface area contributed by atoms with Crippen molar-refractivity contribution >= 4 is 11.9 Å². The maximum absolute atomic E-state index is 12.6. The molecular formula is C13H22N2O3. The molecule has 2 saturated heterocycles. The van der Waals surface area contributed by atoms with Gasteiger partial charge in [0.05, 0.1) is 7.11 Å². The summed E-state index contributed by atoms with van der Waals surface area (Å²) >= 11 is 0. The average molecular weight is 254 g/mol. The minimum atomic E-state index is -0.366. The lowest BCUT2D eigenvalue weighted by Crippen LogP contribution is -2.51. The number of carbonyl (C=O) groups is 2. The third-order valence-electron chi connectivity index (χ3n) is 4.21. The van der Waals surface area contributed by atoms with Crippen LogP contribution in [0.4, 0.5) is 0 Å². The van der Waals surface area contributed by atoms with Gasteiger partial charge < -0.3 is 15.0 Å². The highest BCUT2D eigenvalue weighted by molar-refractivity contribution is 5.88. The van der Waals surface area contributed by atoms with Crippen molar-refractivity contribution in [3.8, 4) is 0 Å². The van der Waals surface area contributed by atoms with Crippen LogP contribution in [0.25, 0.3) is 0 Å². The summed E-state index contributed by atoms with van der Waals surface area (Å²) in [7, 11) is 1.38. The van der Waals surface area contributed by atoms with Crippen LogP contribution in [0.3, 0.4) is 0 Å². The van der Waals surface area contributed by atoms with Crippen LogP contribution in [0.1, 0.15) is 32.6 Å². The van der Waals surface area contributed by atoms with Gasteiger partial charge in [-0.15, -0.1) is 0 Å². The standard InChI is InChI=1S/C13H22N2O3/c1-13(5-7-14-8-6-13)12(17)15-9-3-4-10(15)11(16)18-2/h10,14H,3-9H2,1-2H3. The van der Waals surface area contributed by atoms with Crippen LogP contribution < -0.4 is 5.32 Å². The van der Waals surface area contributed by atoms with Gasteiger partial charge in [-0.2, -0.15) is 0 Å². The van der Waals surface area contributed by atoms with Crippen LogP contribution >= 0.6 is 0 Å². The Balaban J connectivity index is 2.09. The van der Waals surface area contributed by atoms with Crippen molar-refractivity contribution in [2.24, 2.45) is 5.41 Å². The van der Waals surface area contributed by atoms with Crippen LogP contribution in [-0.2, 0) is 14.3 Å². The van der Waals surface area contributed by atoms with Crippen LogP contribution in [0, 0.1) is 5.41 Å². The van der Waals surface area contributed by atoms with E-state index in [1.54, 1.807) is 4.90 Å². The smallest absolute Gasteiger partial charge is 0.328 e. The Kier molecular flexibility index (Phi) is 3.90. The predicted molar refractivity (Wildman–Crippen MR) is 67.0 cm³/mol. The number of likely N-dealkylation sites (tertiary alicyclic amines) is 1. The van der Waals surface area contributed by atoms with Crippen molar-refractivity contribution in [3.05, 3.63) is 0 Å². The van der Waals surface area contributed by atoms with E-state index in [-0.39, 0.29) is 23.3 Å². The Bertz CT molecular complexity index is 337. The summed E-state index contributed by atoms with van der Waals surface area (Å²) in [5.74, 6) is -0.157. The number of rotatable bonds is 2. The van der Waals surface area contributed by atoms with E-state index < -0.39 is 0 Å². The zero-order valence-electron chi connectivity index (χ0n) is 11.2. The van der Waals surface area contributed by atoms with Crippen molar-refractivity contribution < 1.29 is 14.3 Å². The lowest BCUT2D eigenvalue weighted by molar-refractivity contribution is -0.155. The summed E-state index contributed by atoms with van der Waals surface area (Å²) in [6, 6.07) is -0.366. The fourth-order valence-electron chi connectivity index (χ4n) is 2.93. The molecule has 0 aromatic rings. The third-order valence-corrected chi connectivity index (χ3v) is 4.21. The summed E-state index contributed by atoms with van der Waals surface area (Å²) in [5.41, 5.74) is -0.318. The number of hydrogen-bond acceptors (Lipinski definition) is 4. The third kappa shape index (κ3) is 2.36. The average Bonchev–Trinajstić information content (AvgIpc) is 2.86. The molecule has 0 saturated carbocycles. The van der Waals surface area contributed by atoms with Gasteiger partial charge in [-0.05, 0) is 38.8 Å². The molecule has 5 nitrogen and oxygen atoms in total. The highest BCUT2D eigenvalue weighted by Gasteiger charge is 2.43. The lowest BCUT2D eigenvalue weighted by atomic mass is 9.79. The van der Waals surface area contributed by atoms with E-state index in [0.717, 1.165) is 38.8 Å². The molecule has 2 fully saturated rings. The zero-order valence-corrected chi connectivity index (χ0v) is 11.2. The van der Waals surface area contributed by atoms with Gasteiger partial charge in [0, 0.05) is 12.0 Å². The molecule has 2 aliphatic heterocycles. The summed E-state index contributed by atoms with van der Waals surface area (Å²) in [4.78, 5) is 26.1. The number of methoxy groups -OCH3 is 1. The van der Waals surface area contributed by atoms with E-state index in [0.29, 0.717) is 6.54 Å². The molecule has 0 spiro atoms. The Morgan fingerprint density at radius 2 is 2.00 bits per heavy atom. The predicted octanol–water partition coefficient (Wildman–Crippen LogP) is 0.540.